The van der Waals surface area contributed by atoms with Gasteiger partial charge in [-0.1, -0.05) is 33.6 Å². The summed E-state index contributed by atoms with van der Waals surface area (Å²) in [5, 5.41) is 15.9. The van der Waals surface area contributed by atoms with Gasteiger partial charge in [0.15, 0.2) is 0 Å². The Morgan fingerprint density at radius 3 is 2.68 bits per heavy atom. The standard InChI is InChI=1S/C14H13BrClN2O3P/c1-21-9-6-7-13(18(19)20)12(8-9)17-22(2)14-10(15)4-3-5-11(14)16/h3-8,17H,1-2H3. The maximum absolute atomic E-state index is 11.2. The van der Waals surface area contributed by atoms with Gasteiger partial charge in [0.05, 0.1) is 17.1 Å². The molecule has 116 valence electrons. The van der Waals surface area contributed by atoms with Gasteiger partial charge >= 0.3 is 0 Å². The minimum absolute atomic E-state index is 0.00155. The number of hydrogen-bond acceptors (Lipinski definition) is 4. The third-order valence-corrected chi connectivity index (χ3v) is 6.10. The molecular weight excluding hydrogens is 390 g/mol. The Bertz CT molecular complexity index is 694. The van der Waals surface area contributed by atoms with Crippen LogP contribution in [-0.2, 0) is 0 Å². The van der Waals surface area contributed by atoms with E-state index in [1.54, 1.807) is 18.2 Å². The molecule has 1 atom stereocenters. The van der Waals surface area contributed by atoms with Crippen molar-refractivity contribution in [3.05, 3.63) is 56.0 Å². The van der Waals surface area contributed by atoms with Crippen LogP contribution in [0.15, 0.2) is 40.9 Å². The van der Waals surface area contributed by atoms with Gasteiger partial charge in [0.1, 0.15) is 11.4 Å². The lowest BCUT2D eigenvalue weighted by atomic mass is 10.2. The van der Waals surface area contributed by atoms with Crippen LogP contribution in [0, 0.1) is 10.1 Å². The van der Waals surface area contributed by atoms with Gasteiger partial charge in [0.25, 0.3) is 5.69 Å². The maximum Gasteiger partial charge on any atom is 0.292 e. The molecule has 0 bridgehead atoms. The van der Waals surface area contributed by atoms with E-state index in [4.69, 9.17) is 16.3 Å². The number of nitrogens with one attached hydrogen (secondary N) is 1. The number of methoxy groups -OCH3 is 1. The molecule has 1 N–H and O–H groups in total. The largest absolute Gasteiger partial charge is 0.497 e. The van der Waals surface area contributed by atoms with Crippen molar-refractivity contribution in [1.82, 2.24) is 0 Å². The highest BCUT2D eigenvalue weighted by Gasteiger charge is 2.19. The van der Waals surface area contributed by atoms with E-state index in [9.17, 15) is 10.1 Å². The van der Waals surface area contributed by atoms with Crippen molar-refractivity contribution in [2.45, 2.75) is 0 Å². The maximum atomic E-state index is 11.2. The summed E-state index contributed by atoms with van der Waals surface area (Å²) in [5.41, 5.74) is 0.406. The molecule has 0 aliphatic rings. The van der Waals surface area contributed by atoms with Crippen LogP contribution in [-0.4, -0.2) is 18.7 Å². The number of ether oxygens (including phenoxy) is 1. The van der Waals surface area contributed by atoms with Crippen molar-refractivity contribution in [3.63, 3.8) is 0 Å². The Balaban J connectivity index is 2.39. The molecule has 0 aromatic heterocycles. The Morgan fingerprint density at radius 2 is 2.09 bits per heavy atom. The number of benzene rings is 2. The van der Waals surface area contributed by atoms with Crippen molar-refractivity contribution in [1.29, 1.82) is 0 Å². The molecule has 0 fully saturated rings. The van der Waals surface area contributed by atoms with Crippen LogP contribution in [0.5, 0.6) is 5.75 Å². The summed E-state index contributed by atoms with van der Waals surface area (Å²) in [4.78, 5) is 10.7. The van der Waals surface area contributed by atoms with E-state index in [0.29, 0.717) is 16.5 Å². The molecule has 2 aromatic carbocycles. The van der Waals surface area contributed by atoms with E-state index in [1.807, 2.05) is 18.8 Å². The van der Waals surface area contributed by atoms with E-state index in [1.165, 1.54) is 13.2 Å². The molecule has 2 rings (SSSR count). The van der Waals surface area contributed by atoms with Crippen molar-refractivity contribution in [2.75, 3.05) is 18.9 Å². The van der Waals surface area contributed by atoms with E-state index in [-0.39, 0.29) is 5.69 Å². The molecular formula is C14H13BrClN2O3P. The molecule has 2 aromatic rings. The van der Waals surface area contributed by atoms with Gasteiger partial charge in [0, 0.05) is 30.0 Å². The van der Waals surface area contributed by atoms with Gasteiger partial charge in [-0.05, 0) is 24.9 Å². The zero-order valence-corrected chi connectivity index (χ0v) is 15.1. The molecule has 8 heteroatoms. The van der Waals surface area contributed by atoms with E-state index in [0.717, 1.165) is 9.78 Å². The van der Waals surface area contributed by atoms with Crippen LogP contribution < -0.4 is 15.1 Å². The van der Waals surface area contributed by atoms with Gasteiger partial charge in [-0.2, -0.15) is 0 Å². The number of anilines is 1. The highest BCUT2D eigenvalue weighted by atomic mass is 79.9. The normalized spacial score (nSPS) is 11.8. The lowest BCUT2D eigenvalue weighted by Crippen LogP contribution is -2.10. The molecule has 0 aliphatic carbocycles. The van der Waals surface area contributed by atoms with Crippen molar-refractivity contribution in [2.24, 2.45) is 0 Å². The predicted molar refractivity (Wildman–Crippen MR) is 94.9 cm³/mol. The monoisotopic (exact) mass is 402 g/mol. The smallest absolute Gasteiger partial charge is 0.292 e. The molecule has 0 saturated carbocycles. The van der Waals surface area contributed by atoms with Crippen LogP contribution in [0.1, 0.15) is 0 Å². The Hall–Kier alpha value is -1.36. The topological polar surface area (TPSA) is 64.4 Å². The summed E-state index contributed by atoms with van der Waals surface area (Å²) in [5.74, 6) is 0.551. The predicted octanol–water partition coefficient (Wildman–Crippen LogP) is 4.78. The second-order valence-electron chi connectivity index (χ2n) is 4.38. The van der Waals surface area contributed by atoms with Crippen LogP contribution in [0.4, 0.5) is 11.4 Å². The fourth-order valence-electron chi connectivity index (χ4n) is 1.94. The molecule has 5 nitrogen and oxygen atoms in total. The zero-order valence-electron chi connectivity index (χ0n) is 11.8. The second kappa shape index (κ2) is 7.27. The number of nitrogens with zero attached hydrogens (tertiary/aromatic N) is 1. The first kappa shape index (κ1) is 17.0. The van der Waals surface area contributed by atoms with Crippen LogP contribution in [0.2, 0.25) is 5.02 Å². The minimum atomic E-state index is -0.941. The van der Waals surface area contributed by atoms with Crippen molar-refractivity contribution >= 4 is 52.3 Å². The van der Waals surface area contributed by atoms with Crippen LogP contribution >= 0.6 is 35.6 Å². The SMILES string of the molecule is COc1ccc([N+](=O)[O-])c(NP(C)c2c(Cl)cccc2Br)c1. The molecule has 0 spiro atoms. The molecule has 0 radical (unpaired) electrons. The first-order valence-corrected chi connectivity index (χ1v) is 9.17. The summed E-state index contributed by atoms with van der Waals surface area (Å²) in [7, 11) is 0.577. The number of halogens is 2. The summed E-state index contributed by atoms with van der Waals surface area (Å²) >= 11 is 9.71. The molecule has 0 aliphatic heterocycles. The highest BCUT2D eigenvalue weighted by Crippen LogP contribution is 2.41. The van der Waals surface area contributed by atoms with E-state index in [2.05, 4.69) is 21.0 Å². The Kier molecular flexibility index (Phi) is 5.62. The van der Waals surface area contributed by atoms with Gasteiger partial charge in [-0.25, -0.2) is 0 Å². The second-order valence-corrected chi connectivity index (χ2v) is 7.43. The van der Waals surface area contributed by atoms with Gasteiger partial charge in [-0.15, -0.1) is 0 Å². The van der Waals surface area contributed by atoms with Gasteiger partial charge < -0.3 is 9.82 Å². The number of nitro benzene ring substituents is 1. The van der Waals surface area contributed by atoms with E-state index >= 15 is 0 Å². The number of rotatable bonds is 5. The first-order valence-electron chi connectivity index (χ1n) is 6.21. The summed E-state index contributed by atoms with van der Waals surface area (Å²) in [6, 6.07) is 10.1. The van der Waals surface area contributed by atoms with Crippen LogP contribution in [0.3, 0.4) is 0 Å². The van der Waals surface area contributed by atoms with Crippen molar-refractivity contribution < 1.29 is 9.66 Å². The average molecular weight is 404 g/mol. The fourth-order valence-corrected chi connectivity index (χ4v) is 5.21. The summed E-state index contributed by atoms with van der Waals surface area (Å²) < 4.78 is 6.00. The summed E-state index contributed by atoms with van der Waals surface area (Å²) in [6.45, 7) is 1.95. The molecule has 1 unspecified atom stereocenters. The third-order valence-electron chi connectivity index (χ3n) is 2.96. The number of hydrogen-bond donors (Lipinski definition) is 1. The summed E-state index contributed by atoms with van der Waals surface area (Å²) in [6.07, 6.45) is 0. The number of nitro groups is 1. The van der Waals surface area contributed by atoms with Crippen molar-refractivity contribution in [3.8, 4) is 5.75 Å². The molecule has 0 heterocycles. The Morgan fingerprint density at radius 1 is 1.36 bits per heavy atom. The lowest BCUT2D eigenvalue weighted by molar-refractivity contribution is -0.383. The molecule has 0 amide bonds. The van der Waals surface area contributed by atoms with Crippen LogP contribution in [0.25, 0.3) is 0 Å². The quantitative estimate of drug-likeness (QED) is 0.443. The van der Waals surface area contributed by atoms with Gasteiger partial charge in [-0.3, -0.25) is 10.1 Å². The molecule has 22 heavy (non-hydrogen) atoms. The van der Waals surface area contributed by atoms with E-state index < -0.39 is 13.0 Å². The Labute approximate surface area is 142 Å². The molecule has 0 saturated heterocycles. The first-order chi connectivity index (χ1) is 10.4. The average Bonchev–Trinajstić information content (AvgIpc) is 2.46. The highest BCUT2D eigenvalue weighted by molar-refractivity contribution is 9.10. The minimum Gasteiger partial charge on any atom is -0.497 e. The third kappa shape index (κ3) is 3.69. The lowest BCUT2D eigenvalue weighted by Gasteiger charge is -2.18. The zero-order chi connectivity index (χ0) is 16.3. The fraction of sp³-hybridized carbons (Fsp3) is 0.143. The van der Waals surface area contributed by atoms with Gasteiger partial charge in [0.2, 0.25) is 0 Å².